The number of hydrogen-bond donors (Lipinski definition) is 2. The van der Waals surface area contributed by atoms with Crippen molar-refractivity contribution in [3.63, 3.8) is 0 Å². The molecule has 0 aliphatic rings. The molecule has 104 valence electrons. The van der Waals surface area contributed by atoms with Crippen LogP contribution in [0.15, 0.2) is 18.2 Å². The lowest BCUT2D eigenvalue weighted by Gasteiger charge is -2.10. The molecule has 1 rings (SSSR count). The topological polar surface area (TPSA) is 92.5 Å². The van der Waals surface area contributed by atoms with E-state index in [1.165, 1.54) is 12.1 Å². The van der Waals surface area contributed by atoms with Crippen LogP contribution < -0.4 is 5.32 Å². The van der Waals surface area contributed by atoms with E-state index in [2.05, 4.69) is 12.2 Å². The van der Waals surface area contributed by atoms with Crippen molar-refractivity contribution in [3.05, 3.63) is 33.9 Å². The van der Waals surface area contributed by atoms with E-state index in [1.807, 2.05) is 6.26 Å². The van der Waals surface area contributed by atoms with Gasteiger partial charge in [0, 0.05) is 17.9 Å². The fourth-order valence-corrected chi connectivity index (χ4v) is 1.85. The molecular formula is C12H16N2O4S. The maximum absolute atomic E-state index is 10.9. The number of hydrogen-bond acceptors (Lipinski definition) is 5. The van der Waals surface area contributed by atoms with Gasteiger partial charge in [-0.25, -0.2) is 4.79 Å². The quantitative estimate of drug-likeness (QED) is 0.591. The number of carboxylic acids is 1. The lowest BCUT2D eigenvalue weighted by atomic mass is 10.1. The molecule has 0 saturated carbocycles. The molecule has 2 N–H and O–H groups in total. The van der Waals surface area contributed by atoms with Crippen LogP contribution in [-0.2, 0) is 0 Å². The first-order valence-corrected chi connectivity index (χ1v) is 7.03. The van der Waals surface area contributed by atoms with Crippen LogP contribution in [0.5, 0.6) is 0 Å². The molecule has 0 spiro atoms. The first kappa shape index (κ1) is 15.3. The minimum atomic E-state index is -1.18. The number of nitrogens with zero attached hydrogens (tertiary/aromatic N) is 1. The molecule has 0 amide bonds. The minimum absolute atomic E-state index is 0.0882. The van der Waals surface area contributed by atoms with Gasteiger partial charge in [0.1, 0.15) is 5.69 Å². The third-order valence-corrected chi connectivity index (χ3v) is 3.75. The van der Waals surface area contributed by atoms with Gasteiger partial charge in [-0.2, -0.15) is 11.8 Å². The van der Waals surface area contributed by atoms with Crippen molar-refractivity contribution >= 4 is 29.1 Å². The van der Waals surface area contributed by atoms with Gasteiger partial charge in [-0.1, -0.05) is 6.92 Å². The highest BCUT2D eigenvalue weighted by Crippen LogP contribution is 2.25. The number of carbonyl (C=O) groups is 1. The molecule has 19 heavy (non-hydrogen) atoms. The summed E-state index contributed by atoms with van der Waals surface area (Å²) in [5, 5.41) is 23.2. The largest absolute Gasteiger partial charge is 0.478 e. The molecule has 0 aliphatic carbocycles. The Kier molecular flexibility index (Phi) is 5.62. The number of aromatic carboxylic acids is 1. The summed E-state index contributed by atoms with van der Waals surface area (Å²) in [5.41, 5.74) is 0.0507. The highest BCUT2D eigenvalue weighted by Gasteiger charge is 2.17. The summed E-state index contributed by atoms with van der Waals surface area (Å²) in [6.45, 7) is 2.68. The molecule has 1 aromatic rings. The Labute approximate surface area is 115 Å². The van der Waals surface area contributed by atoms with Crippen molar-refractivity contribution in [3.8, 4) is 0 Å². The SMILES string of the molecule is CSC(C)CCNc1ccc(C(=O)O)cc1[N+](=O)[O-]. The average Bonchev–Trinajstić information content (AvgIpc) is 2.38. The molecule has 0 bridgehead atoms. The van der Waals surface area contributed by atoms with E-state index in [-0.39, 0.29) is 11.3 Å². The lowest BCUT2D eigenvalue weighted by Crippen LogP contribution is -2.09. The van der Waals surface area contributed by atoms with Crippen LogP contribution in [0.1, 0.15) is 23.7 Å². The maximum Gasteiger partial charge on any atom is 0.335 e. The standard InChI is InChI=1S/C12H16N2O4S/c1-8(19-2)5-6-13-10-4-3-9(12(15)16)7-11(10)14(17)18/h3-4,7-8,13H,5-6H2,1-2H3,(H,15,16). The van der Waals surface area contributed by atoms with E-state index in [0.717, 1.165) is 12.5 Å². The van der Waals surface area contributed by atoms with Crippen molar-refractivity contribution in [1.29, 1.82) is 0 Å². The molecular weight excluding hydrogens is 268 g/mol. The van der Waals surface area contributed by atoms with E-state index >= 15 is 0 Å². The number of nitro groups is 1. The van der Waals surface area contributed by atoms with Gasteiger partial charge in [0.25, 0.3) is 5.69 Å². The summed E-state index contributed by atoms with van der Waals surface area (Å²) >= 11 is 1.73. The van der Waals surface area contributed by atoms with Crippen LogP contribution in [0.3, 0.4) is 0 Å². The highest BCUT2D eigenvalue weighted by molar-refractivity contribution is 7.99. The summed E-state index contributed by atoms with van der Waals surface area (Å²) in [6, 6.07) is 3.86. The van der Waals surface area contributed by atoms with Crippen LogP contribution >= 0.6 is 11.8 Å². The van der Waals surface area contributed by atoms with Crippen LogP contribution in [0.25, 0.3) is 0 Å². The predicted octanol–water partition coefficient (Wildman–Crippen LogP) is 2.85. The second-order valence-electron chi connectivity index (χ2n) is 4.06. The molecule has 0 aromatic heterocycles. The number of nitro benzene ring substituents is 1. The Morgan fingerprint density at radius 3 is 2.79 bits per heavy atom. The second-order valence-corrected chi connectivity index (χ2v) is 5.33. The Balaban J connectivity index is 2.82. The van der Waals surface area contributed by atoms with Crippen LogP contribution in [0, 0.1) is 10.1 Å². The Hall–Kier alpha value is -1.76. The first-order valence-electron chi connectivity index (χ1n) is 5.74. The van der Waals surface area contributed by atoms with Gasteiger partial charge in [0.05, 0.1) is 10.5 Å². The van der Waals surface area contributed by atoms with Crippen LogP contribution in [-0.4, -0.2) is 34.0 Å². The molecule has 1 unspecified atom stereocenters. The van der Waals surface area contributed by atoms with Crippen molar-refractivity contribution in [2.45, 2.75) is 18.6 Å². The zero-order valence-corrected chi connectivity index (χ0v) is 11.6. The van der Waals surface area contributed by atoms with E-state index < -0.39 is 10.9 Å². The van der Waals surface area contributed by atoms with Gasteiger partial charge in [-0.05, 0) is 24.8 Å². The molecule has 1 aromatic carbocycles. The molecule has 1 atom stereocenters. The minimum Gasteiger partial charge on any atom is -0.478 e. The molecule has 0 aliphatic heterocycles. The van der Waals surface area contributed by atoms with Crippen LogP contribution in [0.4, 0.5) is 11.4 Å². The van der Waals surface area contributed by atoms with Crippen LogP contribution in [0.2, 0.25) is 0 Å². The molecule has 0 heterocycles. The smallest absolute Gasteiger partial charge is 0.335 e. The number of carboxylic acid groups (broad SMARTS) is 1. The molecule has 0 fully saturated rings. The molecule has 7 heteroatoms. The fraction of sp³-hybridized carbons (Fsp3) is 0.417. The van der Waals surface area contributed by atoms with Crippen molar-refractivity contribution in [2.75, 3.05) is 18.1 Å². The second kappa shape index (κ2) is 6.98. The van der Waals surface area contributed by atoms with E-state index in [9.17, 15) is 14.9 Å². The summed E-state index contributed by atoms with van der Waals surface area (Å²) in [5.74, 6) is -1.18. The Bertz CT molecular complexity index is 479. The summed E-state index contributed by atoms with van der Waals surface area (Å²) in [7, 11) is 0. The normalized spacial score (nSPS) is 11.9. The Morgan fingerprint density at radius 2 is 2.26 bits per heavy atom. The van der Waals surface area contributed by atoms with Gasteiger partial charge in [0.2, 0.25) is 0 Å². The molecule has 0 radical (unpaired) electrons. The Morgan fingerprint density at radius 1 is 1.58 bits per heavy atom. The summed E-state index contributed by atoms with van der Waals surface area (Å²) < 4.78 is 0. The fourth-order valence-electron chi connectivity index (χ4n) is 1.49. The van der Waals surface area contributed by atoms with Crippen molar-refractivity contribution in [2.24, 2.45) is 0 Å². The summed E-state index contributed by atoms with van der Waals surface area (Å²) in [4.78, 5) is 21.1. The zero-order chi connectivity index (χ0) is 14.4. The van der Waals surface area contributed by atoms with Crippen molar-refractivity contribution < 1.29 is 14.8 Å². The van der Waals surface area contributed by atoms with Gasteiger partial charge in [-0.15, -0.1) is 0 Å². The van der Waals surface area contributed by atoms with Crippen molar-refractivity contribution in [1.82, 2.24) is 0 Å². The monoisotopic (exact) mass is 284 g/mol. The highest BCUT2D eigenvalue weighted by atomic mass is 32.2. The predicted molar refractivity (Wildman–Crippen MR) is 76.1 cm³/mol. The van der Waals surface area contributed by atoms with Gasteiger partial charge in [-0.3, -0.25) is 10.1 Å². The lowest BCUT2D eigenvalue weighted by molar-refractivity contribution is -0.384. The number of thioether (sulfide) groups is 1. The van der Waals surface area contributed by atoms with E-state index in [0.29, 0.717) is 17.5 Å². The average molecular weight is 284 g/mol. The van der Waals surface area contributed by atoms with E-state index in [4.69, 9.17) is 5.11 Å². The van der Waals surface area contributed by atoms with Gasteiger partial charge < -0.3 is 10.4 Å². The third kappa shape index (κ3) is 4.44. The van der Waals surface area contributed by atoms with Gasteiger partial charge >= 0.3 is 5.97 Å². The summed E-state index contributed by atoms with van der Waals surface area (Å²) in [6.07, 6.45) is 2.88. The number of benzene rings is 1. The maximum atomic E-state index is 10.9. The van der Waals surface area contributed by atoms with Gasteiger partial charge in [0.15, 0.2) is 0 Å². The number of nitrogens with one attached hydrogen (secondary N) is 1. The third-order valence-electron chi connectivity index (χ3n) is 2.71. The molecule has 6 nitrogen and oxygen atoms in total. The molecule has 0 saturated heterocycles. The first-order chi connectivity index (χ1) is 8.95. The zero-order valence-electron chi connectivity index (χ0n) is 10.8. The number of rotatable bonds is 7. The van der Waals surface area contributed by atoms with E-state index in [1.54, 1.807) is 11.8 Å². The number of anilines is 1.